The Hall–Kier alpha value is -0.0800. The third-order valence-electron chi connectivity index (χ3n) is 4.01. The molecule has 0 aliphatic heterocycles. The third kappa shape index (κ3) is 4.42. The van der Waals surface area contributed by atoms with Crippen molar-refractivity contribution in [2.24, 2.45) is 5.92 Å². The van der Waals surface area contributed by atoms with Crippen LogP contribution in [0.4, 0.5) is 0 Å². The maximum absolute atomic E-state index is 8.81. The average Bonchev–Trinajstić information content (AvgIpc) is 2.30. The van der Waals surface area contributed by atoms with Crippen molar-refractivity contribution in [3.63, 3.8) is 0 Å². The summed E-state index contributed by atoms with van der Waals surface area (Å²) in [5.74, 6) is 0.929. The predicted octanol–water partition coefficient (Wildman–Crippen LogP) is 3.05. The van der Waals surface area contributed by atoms with E-state index in [1.807, 2.05) is 0 Å². The van der Waals surface area contributed by atoms with E-state index in [1.165, 1.54) is 38.5 Å². The SMILES string of the molecule is CCCC1CCCCC1N(C)CCCCO. The first kappa shape index (κ1) is 14.0. The highest BCUT2D eigenvalue weighted by Crippen LogP contribution is 2.31. The average molecular weight is 227 g/mol. The van der Waals surface area contributed by atoms with E-state index in [1.54, 1.807) is 0 Å². The van der Waals surface area contributed by atoms with Crippen LogP contribution in [0, 0.1) is 5.92 Å². The molecule has 0 saturated heterocycles. The van der Waals surface area contributed by atoms with Crippen molar-refractivity contribution in [1.29, 1.82) is 0 Å². The topological polar surface area (TPSA) is 23.5 Å². The zero-order valence-corrected chi connectivity index (χ0v) is 11.1. The zero-order valence-electron chi connectivity index (χ0n) is 11.1. The Morgan fingerprint density at radius 1 is 1.19 bits per heavy atom. The Morgan fingerprint density at radius 2 is 1.94 bits per heavy atom. The zero-order chi connectivity index (χ0) is 11.8. The summed E-state index contributed by atoms with van der Waals surface area (Å²) < 4.78 is 0. The molecule has 1 N–H and O–H groups in total. The number of rotatable bonds is 7. The van der Waals surface area contributed by atoms with Gasteiger partial charge in [-0.15, -0.1) is 0 Å². The molecule has 0 spiro atoms. The summed E-state index contributed by atoms with van der Waals surface area (Å²) in [5.41, 5.74) is 0. The van der Waals surface area contributed by atoms with Gasteiger partial charge in [0, 0.05) is 12.6 Å². The molecule has 16 heavy (non-hydrogen) atoms. The van der Waals surface area contributed by atoms with Gasteiger partial charge in [-0.25, -0.2) is 0 Å². The molecule has 0 amide bonds. The Balaban J connectivity index is 2.34. The predicted molar refractivity (Wildman–Crippen MR) is 69.6 cm³/mol. The Kier molecular flexibility index (Phi) is 7.06. The molecule has 0 aromatic heterocycles. The highest BCUT2D eigenvalue weighted by Gasteiger charge is 2.26. The van der Waals surface area contributed by atoms with Crippen molar-refractivity contribution in [3.8, 4) is 0 Å². The second-order valence-electron chi connectivity index (χ2n) is 5.31. The van der Waals surface area contributed by atoms with Gasteiger partial charge >= 0.3 is 0 Å². The lowest BCUT2D eigenvalue weighted by atomic mass is 9.81. The lowest BCUT2D eigenvalue weighted by molar-refractivity contribution is 0.119. The second-order valence-corrected chi connectivity index (χ2v) is 5.31. The molecule has 0 bridgehead atoms. The van der Waals surface area contributed by atoms with Gasteiger partial charge in [0.1, 0.15) is 0 Å². The first-order valence-electron chi connectivity index (χ1n) is 7.10. The van der Waals surface area contributed by atoms with Gasteiger partial charge in [-0.3, -0.25) is 0 Å². The van der Waals surface area contributed by atoms with Gasteiger partial charge in [-0.1, -0.05) is 26.2 Å². The van der Waals surface area contributed by atoms with E-state index >= 15 is 0 Å². The summed E-state index contributed by atoms with van der Waals surface area (Å²) in [4.78, 5) is 2.55. The van der Waals surface area contributed by atoms with Crippen molar-refractivity contribution < 1.29 is 5.11 Å². The van der Waals surface area contributed by atoms with Crippen LogP contribution in [0.2, 0.25) is 0 Å². The van der Waals surface area contributed by atoms with Gasteiger partial charge < -0.3 is 10.0 Å². The van der Waals surface area contributed by atoms with Gasteiger partial charge in [0.25, 0.3) is 0 Å². The molecular weight excluding hydrogens is 198 g/mol. The van der Waals surface area contributed by atoms with E-state index in [-0.39, 0.29) is 0 Å². The minimum absolute atomic E-state index is 0.344. The monoisotopic (exact) mass is 227 g/mol. The minimum atomic E-state index is 0.344. The Morgan fingerprint density at radius 3 is 2.62 bits per heavy atom. The molecule has 1 aliphatic carbocycles. The molecule has 0 heterocycles. The molecule has 0 aromatic rings. The van der Waals surface area contributed by atoms with Crippen LogP contribution in [-0.2, 0) is 0 Å². The van der Waals surface area contributed by atoms with Crippen LogP contribution in [0.15, 0.2) is 0 Å². The fraction of sp³-hybridized carbons (Fsp3) is 1.00. The third-order valence-corrected chi connectivity index (χ3v) is 4.01. The molecule has 2 nitrogen and oxygen atoms in total. The number of aliphatic hydroxyl groups is 1. The molecule has 96 valence electrons. The van der Waals surface area contributed by atoms with Crippen LogP contribution in [0.5, 0.6) is 0 Å². The highest BCUT2D eigenvalue weighted by atomic mass is 16.2. The lowest BCUT2D eigenvalue weighted by Crippen LogP contribution is -2.40. The van der Waals surface area contributed by atoms with Gasteiger partial charge in [0.05, 0.1) is 0 Å². The van der Waals surface area contributed by atoms with Crippen LogP contribution in [-0.4, -0.2) is 36.2 Å². The van der Waals surface area contributed by atoms with Crippen molar-refractivity contribution in [1.82, 2.24) is 4.90 Å². The van der Waals surface area contributed by atoms with Crippen molar-refractivity contribution in [3.05, 3.63) is 0 Å². The maximum atomic E-state index is 8.81. The molecule has 1 fully saturated rings. The quantitative estimate of drug-likeness (QED) is 0.676. The molecular formula is C14H29NO. The van der Waals surface area contributed by atoms with Crippen molar-refractivity contribution >= 4 is 0 Å². The minimum Gasteiger partial charge on any atom is -0.396 e. The van der Waals surface area contributed by atoms with Gasteiger partial charge in [-0.2, -0.15) is 0 Å². The molecule has 2 atom stereocenters. The Bertz CT molecular complexity index is 170. The molecule has 0 aromatic carbocycles. The van der Waals surface area contributed by atoms with Crippen molar-refractivity contribution in [2.45, 2.75) is 64.3 Å². The van der Waals surface area contributed by atoms with Crippen LogP contribution in [0.25, 0.3) is 0 Å². The largest absolute Gasteiger partial charge is 0.396 e. The summed E-state index contributed by atoms with van der Waals surface area (Å²) in [7, 11) is 2.27. The number of hydrogen-bond donors (Lipinski definition) is 1. The van der Waals surface area contributed by atoms with E-state index in [2.05, 4.69) is 18.9 Å². The fourth-order valence-electron chi connectivity index (χ4n) is 3.11. The number of hydrogen-bond acceptors (Lipinski definition) is 2. The van der Waals surface area contributed by atoms with E-state index < -0.39 is 0 Å². The summed E-state index contributed by atoms with van der Waals surface area (Å²) in [5, 5.41) is 8.81. The summed E-state index contributed by atoms with van der Waals surface area (Å²) in [6, 6.07) is 0.812. The summed E-state index contributed by atoms with van der Waals surface area (Å²) in [6.45, 7) is 3.81. The van der Waals surface area contributed by atoms with Crippen LogP contribution in [0.1, 0.15) is 58.3 Å². The van der Waals surface area contributed by atoms with Gasteiger partial charge in [0.15, 0.2) is 0 Å². The van der Waals surface area contributed by atoms with Crippen LogP contribution >= 0.6 is 0 Å². The van der Waals surface area contributed by atoms with E-state index in [0.29, 0.717) is 6.61 Å². The molecule has 1 rings (SSSR count). The molecule has 1 aliphatic rings. The fourth-order valence-corrected chi connectivity index (χ4v) is 3.11. The molecule has 1 saturated carbocycles. The van der Waals surface area contributed by atoms with Gasteiger partial charge in [-0.05, 0) is 51.6 Å². The normalized spacial score (nSPS) is 26.2. The standard InChI is InChI=1S/C14H29NO/c1-3-8-13-9-4-5-10-14(13)15(2)11-6-7-12-16/h13-14,16H,3-12H2,1-2H3. The summed E-state index contributed by atoms with van der Waals surface area (Å²) in [6.07, 6.45) is 10.5. The lowest BCUT2D eigenvalue weighted by Gasteiger charge is -2.38. The van der Waals surface area contributed by atoms with E-state index in [4.69, 9.17) is 5.11 Å². The van der Waals surface area contributed by atoms with Crippen LogP contribution in [0.3, 0.4) is 0 Å². The van der Waals surface area contributed by atoms with Crippen LogP contribution < -0.4 is 0 Å². The number of nitrogens with zero attached hydrogens (tertiary/aromatic N) is 1. The molecule has 2 heteroatoms. The van der Waals surface area contributed by atoms with E-state index in [0.717, 1.165) is 31.3 Å². The number of unbranched alkanes of at least 4 members (excludes halogenated alkanes) is 1. The highest BCUT2D eigenvalue weighted by molar-refractivity contribution is 4.81. The summed E-state index contributed by atoms with van der Waals surface area (Å²) >= 11 is 0. The maximum Gasteiger partial charge on any atom is 0.0431 e. The van der Waals surface area contributed by atoms with Crippen molar-refractivity contribution in [2.75, 3.05) is 20.2 Å². The molecule has 2 unspecified atom stereocenters. The number of aliphatic hydroxyl groups excluding tert-OH is 1. The first-order chi connectivity index (χ1) is 7.79. The first-order valence-corrected chi connectivity index (χ1v) is 7.10. The Labute approximate surface area is 101 Å². The second kappa shape index (κ2) is 8.08. The smallest absolute Gasteiger partial charge is 0.0431 e. The van der Waals surface area contributed by atoms with Gasteiger partial charge in [0.2, 0.25) is 0 Å². The molecule has 0 radical (unpaired) electrons. The van der Waals surface area contributed by atoms with E-state index in [9.17, 15) is 0 Å².